The van der Waals surface area contributed by atoms with Crippen molar-refractivity contribution in [2.45, 2.75) is 13.8 Å². The second-order valence-electron chi connectivity index (χ2n) is 6.46. The van der Waals surface area contributed by atoms with Crippen LogP contribution in [-0.4, -0.2) is 11.1 Å². The number of amidine groups is 1. The van der Waals surface area contributed by atoms with Crippen LogP contribution in [0.5, 0.6) is 0 Å². The minimum Gasteiger partial charge on any atom is -0.457 e. The molecule has 0 radical (unpaired) electrons. The summed E-state index contributed by atoms with van der Waals surface area (Å²) in [7, 11) is 0. The van der Waals surface area contributed by atoms with Crippen molar-refractivity contribution in [3.05, 3.63) is 82.2 Å². The Balaban J connectivity index is 1.55. The number of hydrogen-bond donors (Lipinski definition) is 1. The average Bonchev–Trinajstić information content (AvgIpc) is 3.26. The first-order valence-electron chi connectivity index (χ1n) is 8.70. The number of amides is 1. The highest BCUT2D eigenvalue weighted by molar-refractivity contribution is 8.18. The van der Waals surface area contributed by atoms with Crippen molar-refractivity contribution in [2.24, 2.45) is 4.99 Å². The largest absolute Gasteiger partial charge is 0.457 e. The van der Waals surface area contributed by atoms with Gasteiger partial charge in [0.15, 0.2) is 5.17 Å². The molecule has 1 fully saturated rings. The molecule has 28 heavy (non-hydrogen) atoms. The molecule has 1 aromatic heterocycles. The number of thioether (sulfide) groups is 1. The number of nitrogens with one attached hydrogen (secondary N) is 1. The zero-order chi connectivity index (χ0) is 19.7. The molecular formula is C22H17FN2O2S. The standard InChI is InChI=1S/C22H17FN2O2S/c1-13-6-7-17(10-14(13)2)24-22-25-21(26)20(28-22)12-18-8-9-19(27-18)15-4-3-5-16(23)11-15/h3-12H,1-2H3,(H,24,25,26)/b20-12-. The fourth-order valence-electron chi connectivity index (χ4n) is 2.75. The predicted molar refractivity (Wildman–Crippen MR) is 111 cm³/mol. The molecule has 0 bridgehead atoms. The Morgan fingerprint density at radius 3 is 2.71 bits per heavy atom. The van der Waals surface area contributed by atoms with Gasteiger partial charge < -0.3 is 9.73 Å². The molecule has 0 atom stereocenters. The van der Waals surface area contributed by atoms with Crippen LogP contribution >= 0.6 is 11.8 Å². The van der Waals surface area contributed by atoms with Crippen molar-refractivity contribution in [3.63, 3.8) is 0 Å². The van der Waals surface area contributed by atoms with E-state index in [1.54, 1.807) is 30.3 Å². The Morgan fingerprint density at radius 2 is 1.93 bits per heavy atom. The quantitative estimate of drug-likeness (QED) is 0.591. The minimum atomic E-state index is -0.327. The van der Waals surface area contributed by atoms with Gasteiger partial charge in [0.2, 0.25) is 0 Å². The number of nitrogens with zero attached hydrogens (tertiary/aromatic N) is 1. The lowest BCUT2D eigenvalue weighted by atomic mass is 10.1. The first kappa shape index (κ1) is 18.3. The van der Waals surface area contributed by atoms with Crippen LogP contribution in [0.1, 0.15) is 16.9 Å². The third-order valence-electron chi connectivity index (χ3n) is 4.38. The maximum absolute atomic E-state index is 13.4. The van der Waals surface area contributed by atoms with E-state index in [0.29, 0.717) is 27.2 Å². The summed E-state index contributed by atoms with van der Waals surface area (Å²) in [5.41, 5.74) is 3.77. The molecule has 6 heteroatoms. The third-order valence-corrected chi connectivity index (χ3v) is 5.29. The van der Waals surface area contributed by atoms with E-state index in [1.807, 2.05) is 32.0 Å². The van der Waals surface area contributed by atoms with Crippen molar-refractivity contribution in [2.75, 3.05) is 0 Å². The summed E-state index contributed by atoms with van der Waals surface area (Å²) in [6.45, 7) is 4.07. The lowest BCUT2D eigenvalue weighted by Gasteiger charge is -2.01. The number of hydrogen-bond acceptors (Lipinski definition) is 4. The molecule has 1 saturated heterocycles. The lowest BCUT2D eigenvalue weighted by Crippen LogP contribution is -2.19. The van der Waals surface area contributed by atoms with Crippen LogP contribution in [0.25, 0.3) is 17.4 Å². The number of carbonyl (C=O) groups excluding carboxylic acids is 1. The van der Waals surface area contributed by atoms with E-state index in [-0.39, 0.29) is 11.7 Å². The van der Waals surface area contributed by atoms with Crippen LogP contribution in [0.3, 0.4) is 0 Å². The predicted octanol–water partition coefficient (Wildman–Crippen LogP) is 5.59. The van der Waals surface area contributed by atoms with Gasteiger partial charge in [-0.15, -0.1) is 0 Å². The van der Waals surface area contributed by atoms with Gasteiger partial charge in [0.05, 0.1) is 10.6 Å². The van der Waals surface area contributed by atoms with Crippen LogP contribution < -0.4 is 5.32 Å². The van der Waals surface area contributed by atoms with Crippen LogP contribution in [-0.2, 0) is 4.79 Å². The summed E-state index contributed by atoms with van der Waals surface area (Å²) in [5.74, 6) is 0.506. The van der Waals surface area contributed by atoms with E-state index in [0.717, 1.165) is 11.3 Å². The molecule has 3 aromatic rings. The number of furan rings is 1. The molecule has 1 aliphatic rings. The van der Waals surface area contributed by atoms with Crippen molar-refractivity contribution in [1.29, 1.82) is 0 Å². The van der Waals surface area contributed by atoms with Crippen LogP contribution in [0.4, 0.5) is 10.1 Å². The molecule has 0 aliphatic carbocycles. The van der Waals surface area contributed by atoms with Crippen molar-refractivity contribution < 1.29 is 13.6 Å². The molecule has 140 valence electrons. The number of halogens is 1. The van der Waals surface area contributed by atoms with Crippen molar-refractivity contribution >= 4 is 34.6 Å². The summed E-state index contributed by atoms with van der Waals surface area (Å²) >= 11 is 1.26. The second-order valence-corrected chi connectivity index (χ2v) is 7.49. The molecule has 1 amide bonds. The highest BCUT2D eigenvalue weighted by Gasteiger charge is 2.24. The van der Waals surface area contributed by atoms with E-state index in [9.17, 15) is 9.18 Å². The molecule has 0 saturated carbocycles. The Bertz CT molecular complexity index is 1130. The first-order chi connectivity index (χ1) is 13.5. The van der Waals surface area contributed by atoms with E-state index < -0.39 is 0 Å². The highest BCUT2D eigenvalue weighted by Crippen LogP contribution is 2.30. The maximum Gasteiger partial charge on any atom is 0.264 e. The molecule has 1 N–H and O–H groups in total. The number of aliphatic imine (C=N–C) groups is 1. The fourth-order valence-corrected chi connectivity index (χ4v) is 3.57. The Kier molecular flexibility index (Phi) is 4.88. The molecule has 1 aliphatic heterocycles. The van der Waals surface area contributed by atoms with Gasteiger partial charge >= 0.3 is 0 Å². The topological polar surface area (TPSA) is 54.6 Å². The molecule has 4 rings (SSSR count). The van der Waals surface area contributed by atoms with Crippen LogP contribution in [0.15, 0.2) is 68.9 Å². The summed E-state index contributed by atoms with van der Waals surface area (Å²) in [6, 6.07) is 15.6. The third kappa shape index (κ3) is 3.92. The normalized spacial score (nSPS) is 16.8. The number of benzene rings is 2. The number of carbonyl (C=O) groups is 1. The van der Waals surface area contributed by atoms with E-state index in [2.05, 4.69) is 10.3 Å². The fraction of sp³-hybridized carbons (Fsp3) is 0.0909. The van der Waals surface area contributed by atoms with E-state index in [1.165, 1.54) is 29.5 Å². The monoisotopic (exact) mass is 392 g/mol. The maximum atomic E-state index is 13.4. The van der Waals surface area contributed by atoms with Crippen molar-refractivity contribution in [3.8, 4) is 11.3 Å². The Labute approximate surface area is 166 Å². The second kappa shape index (κ2) is 7.48. The Hall–Kier alpha value is -3.12. The molecule has 2 heterocycles. The van der Waals surface area contributed by atoms with Gasteiger partial charge in [0.25, 0.3) is 5.91 Å². The van der Waals surface area contributed by atoms with Gasteiger partial charge in [-0.05, 0) is 73.1 Å². The average molecular weight is 392 g/mol. The van der Waals surface area contributed by atoms with Gasteiger partial charge in [-0.1, -0.05) is 18.2 Å². The first-order valence-corrected chi connectivity index (χ1v) is 9.52. The van der Waals surface area contributed by atoms with Gasteiger partial charge in [-0.2, -0.15) is 0 Å². The summed E-state index contributed by atoms with van der Waals surface area (Å²) in [4.78, 5) is 17.2. The molecule has 0 unspecified atom stereocenters. The number of aryl methyl sites for hydroxylation is 2. The summed E-state index contributed by atoms with van der Waals surface area (Å²) in [5, 5.41) is 3.29. The zero-order valence-electron chi connectivity index (χ0n) is 15.3. The highest BCUT2D eigenvalue weighted by atomic mass is 32.2. The summed E-state index contributed by atoms with van der Waals surface area (Å²) in [6.07, 6.45) is 1.66. The van der Waals surface area contributed by atoms with Crippen LogP contribution in [0.2, 0.25) is 0 Å². The molecule has 4 nitrogen and oxygen atoms in total. The minimum absolute atomic E-state index is 0.226. The summed E-state index contributed by atoms with van der Waals surface area (Å²) < 4.78 is 19.1. The lowest BCUT2D eigenvalue weighted by molar-refractivity contribution is -0.115. The van der Waals surface area contributed by atoms with E-state index >= 15 is 0 Å². The molecular weight excluding hydrogens is 375 g/mol. The van der Waals surface area contributed by atoms with E-state index in [4.69, 9.17) is 4.42 Å². The SMILES string of the molecule is Cc1ccc(N=C2NC(=O)/C(=C/c3ccc(-c4cccc(F)c4)o3)S2)cc1C. The smallest absolute Gasteiger partial charge is 0.264 e. The van der Waals surface area contributed by atoms with Gasteiger partial charge in [0.1, 0.15) is 17.3 Å². The zero-order valence-corrected chi connectivity index (χ0v) is 16.1. The number of rotatable bonds is 3. The van der Waals surface area contributed by atoms with Crippen molar-refractivity contribution in [1.82, 2.24) is 5.32 Å². The molecule has 2 aromatic carbocycles. The Morgan fingerprint density at radius 1 is 1.07 bits per heavy atom. The molecule has 0 spiro atoms. The van der Waals surface area contributed by atoms with Crippen LogP contribution in [0, 0.1) is 19.7 Å². The van der Waals surface area contributed by atoms with Gasteiger partial charge in [-0.3, -0.25) is 4.79 Å². The van der Waals surface area contributed by atoms with Gasteiger partial charge in [-0.25, -0.2) is 9.38 Å². The van der Waals surface area contributed by atoms with Gasteiger partial charge in [0, 0.05) is 11.6 Å².